The molecule has 2 rings (SSSR count). The summed E-state index contributed by atoms with van der Waals surface area (Å²) in [5, 5.41) is 10.5. The van der Waals surface area contributed by atoms with Gasteiger partial charge in [0.1, 0.15) is 11.3 Å². The fourth-order valence-corrected chi connectivity index (χ4v) is 2.65. The van der Waals surface area contributed by atoms with Crippen LogP contribution in [0.5, 0.6) is 0 Å². The average Bonchev–Trinajstić information content (AvgIpc) is 2.79. The zero-order valence-electron chi connectivity index (χ0n) is 15.0. The van der Waals surface area contributed by atoms with Crippen molar-refractivity contribution in [2.75, 3.05) is 6.61 Å². The Morgan fingerprint density at radius 1 is 1.38 bits per heavy atom. The first-order chi connectivity index (χ1) is 11.1. The monoisotopic (exact) mass is 333 g/mol. The van der Waals surface area contributed by atoms with E-state index in [1.807, 2.05) is 57.2 Å². The van der Waals surface area contributed by atoms with E-state index in [0.29, 0.717) is 0 Å². The summed E-state index contributed by atoms with van der Waals surface area (Å²) in [7, 11) is 0. The molecule has 5 nitrogen and oxygen atoms in total. The molecule has 2 atom stereocenters. The van der Waals surface area contributed by atoms with Crippen LogP contribution in [0.2, 0.25) is 0 Å². The van der Waals surface area contributed by atoms with Crippen molar-refractivity contribution in [2.45, 2.75) is 58.1 Å². The molecule has 1 unspecified atom stereocenters. The van der Waals surface area contributed by atoms with Gasteiger partial charge in [0.25, 0.3) is 0 Å². The van der Waals surface area contributed by atoms with Crippen LogP contribution in [0.3, 0.4) is 0 Å². The Morgan fingerprint density at radius 3 is 2.58 bits per heavy atom. The summed E-state index contributed by atoms with van der Waals surface area (Å²) >= 11 is 0. The van der Waals surface area contributed by atoms with Crippen molar-refractivity contribution in [3.05, 3.63) is 42.0 Å². The van der Waals surface area contributed by atoms with Gasteiger partial charge in [-0.1, -0.05) is 42.5 Å². The minimum Gasteiger partial charge on any atom is -0.444 e. The van der Waals surface area contributed by atoms with E-state index in [2.05, 4.69) is 0 Å². The summed E-state index contributed by atoms with van der Waals surface area (Å²) in [6, 6.07) is 9.20. The highest BCUT2D eigenvalue weighted by molar-refractivity contribution is 5.70. The lowest BCUT2D eigenvalue weighted by atomic mass is 10.1. The molecule has 0 spiro atoms. The van der Waals surface area contributed by atoms with Gasteiger partial charge in [-0.25, -0.2) is 4.79 Å². The number of ether oxygens (including phenoxy) is 2. The molecule has 5 heteroatoms. The third-order valence-corrected chi connectivity index (χ3v) is 3.79. The first-order valence-corrected chi connectivity index (χ1v) is 8.18. The second-order valence-electron chi connectivity index (χ2n) is 7.44. The molecule has 1 fully saturated rings. The predicted octanol–water partition coefficient (Wildman–Crippen LogP) is 3.43. The molecule has 1 aromatic carbocycles. The fraction of sp³-hybridized carbons (Fsp3) is 0.526. The Bertz CT molecular complexity index is 589. The highest BCUT2D eigenvalue weighted by atomic mass is 16.6. The van der Waals surface area contributed by atoms with Crippen molar-refractivity contribution in [3.63, 3.8) is 0 Å². The van der Waals surface area contributed by atoms with Gasteiger partial charge < -0.3 is 14.6 Å². The maximum atomic E-state index is 12.6. The van der Waals surface area contributed by atoms with Gasteiger partial charge in [-0.3, -0.25) is 4.90 Å². The SMILES string of the molecule is CC(C)(C)OC(=O)N1C([C@H](O)/C=C/c2ccccc2)COC1(C)C. The lowest BCUT2D eigenvalue weighted by Crippen LogP contribution is -2.53. The third kappa shape index (κ3) is 4.58. The zero-order chi connectivity index (χ0) is 18.0. The predicted molar refractivity (Wildman–Crippen MR) is 93.4 cm³/mol. The molecule has 132 valence electrons. The molecule has 1 saturated heterocycles. The van der Waals surface area contributed by atoms with Crippen LogP contribution >= 0.6 is 0 Å². The van der Waals surface area contributed by atoms with Crippen LogP contribution in [0.1, 0.15) is 40.2 Å². The Kier molecular flexibility index (Phi) is 5.35. The minimum atomic E-state index is -0.848. The molecule has 24 heavy (non-hydrogen) atoms. The van der Waals surface area contributed by atoms with Crippen molar-refractivity contribution in [1.29, 1.82) is 0 Å². The van der Waals surface area contributed by atoms with Crippen LogP contribution < -0.4 is 0 Å². The van der Waals surface area contributed by atoms with Crippen LogP contribution in [0.15, 0.2) is 36.4 Å². The van der Waals surface area contributed by atoms with E-state index in [0.717, 1.165) is 5.56 Å². The summed E-state index contributed by atoms with van der Waals surface area (Å²) in [5.41, 5.74) is -0.446. The average molecular weight is 333 g/mol. The van der Waals surface area contributed by atoms with Crippen molar-refractivity contribution >= 4 is 12.2 Å². The largest absolute Gasteiger partial charge is 0.444 e. The summed E-state index contributed by atoms with van der Waals surface area (Å²) in [5.74, 6) is 0. The van der Waals surface area contributed by atoms with E-state index < -0.39 is 29.6 Å². The smallest absolute Gasteiger partial charge is 0.413 e. The number of hydrogen-bond acceptors (Lipinski definition) is 4. The number of carbonyl (C=O) groups excluding carboxylic acids is 1. The van der Waals surface area contributed by atoms with Crippen molar-refractivity contribution in [2.24, 2.45) is 0 Å². The van der Waals surface area contributed by atoms with Crippen molar-refractivity contribution in [3.8, 4) is 0 Å². The lowest BCUT2D eigenvalue weighted by molar-refractivity contribution is -0.0660. The first-order valence-electron chi connectivity index (χ1n) is 8.18. The molecular weight excluding hydrogens is 306 g/mol. The molecular formula is C19H27NO4. The van der Waals surface area contributed by atoms with Gasteiger partial charge >= 0.3 is 6.09 Å². The number of aliphatic hydroxyl groups is 1. The molecule has 1 heterocycles. The molecule has 1 aliphatic rings. The van der Waals surface area contributed by atoms with E-state index in [1.165, 1.54) is 4.90 Å². The van der Waals surface area contributed by atoms with Crippen molar-refractivity contribution in [1.82, 2.24) is 4.90 Å². The maximum absolute atomic E-state index is 12.6. The Morgan fingerprint density at radius 2 is 2.00 bits per heavy atom. The van der Waals surface area contributed by atoms with Crippen LogP contribution in [-0.2, 0) is 9.47 Å². The second-order valence-corrected chi connectivity index (χ2v) is 7.44. The molecule has 1 aliphatic heterocycles. The van der Waals surface area contributed by atoms with E-state index in [-0.39, 0.29) is 6.61 Å². The van der Waals surface area contributed by atoms with Gasteiger partial charge in [0.2, 0.25) is 0 Å². The Labute approximate surface area is 143 Å². The van der Waals surface area contributed by atoms with Gasteiger partial charge in [-0.05, 0) is 40.2 Å². The van der Waals surface area contributed by atoms with Crippen molar-refractivity contribution < 1.29 is 19.4 Å². The van der Waals surface area contributed by atoms with Gasteiger partial charge in [0.15, 0.2) is 0 Å². The van der Waals surface area contributed by atoms with Crippen LogP contribution in [0.25, 0.3) is 6.08 Å². The molecule has 0 aliphatic carbocycles. The summed E-state index contributed by atoms with van der Waals surface area (Å²) < 4.78 is 11.2. The minimum absolute atomic E-state index is 0.256. The number of amides is 1. The van der Waals surface area contributed by atoms with E-state index >= 15 is 0 Å². The maximum Gasteiger partial charge on any atom is 0.413 e. The second kappa shape index (κ2) is 6.95. The van der Waals surface area contributed by atoms with Crippen LogP contribution in [0.4, 0.5) is 4.79 Å². The van der Waals surface area contributed by atoms with E-state index in [1.54, 1.807) is 19.9 Å². The molecule has 0 bridgehead atoms. The van der Waals surface area contributed by atoms with E-state index in [4.69, 9.17) is 9.47 Å². The highest BCUT2D eigenvalue weighted by Gasteiger charge is 2.47. The number of aliphatic hydroxyl groups excluding tert-OH is 1. The lowest BCUT2D eigenvalue weighted by Gasteiger charge is -2.36. The van der Waals surface area contributed by atoms with E-state index in [9.17, 15) is 9.90 Å². The fourth-order valence-electron chi connectivity index (χ4n) is 2.65. The Hall–Kier alpha value is -1.85. The normalized spacial score (nSPS) is 21.9. The molecule has 1 amide bonds. The number of rotatable bonds is 3. The number of benzene rings is 1. The Balaban J connectivity index is 2.15. The number of carbonyl (C=O) groups is 1. The molecule has 1 aromatic rings. The van der Waals surface area contributed by atoms with Gasteiger partial charge in [-0.15, -0.1) is 0 Å². The zero-order valence-corrected chi connectivity index (χ0v) is 15.0. The number of nitrogens with zero attached hydrogens (tertiary/aromatic N) is 1. The third-order valence-electron chi connectivity index (χ3n) is 3.79. The molecule has 0 aromatic heterocycles. The standard InChI is InChI=1S/C19H27NO4/c1-18(2,3)24-17(22)20-15(13-23-19(20,4)5)16(21)12-11-14-9-7-6-8-10-14/h6-12,15-16,21H,13H2,1-5H3/b12-11+/t15?,16-/m1/s1. The van der Waals surface area contributed by atoms with Gasteiger partial charge in [0, 0.05) is 0 Å². The number of hydrogen-bond donors (Lipinski definition) is 1. The summed E-state index contributed by atoms with van der Waals surface area (Å²) in [4.78, 5) is 14.0. The first kappa shape index (κ1) is 18.5. The van der Waals surface area contributed by atoms with Gasteiger partial charge in [0.05, 0.1) is 18.8 Å². The van der Waals surface area contributed by atoms with Crippen LogP contribution in [-0.4, -0.2) is 46.2 Å². The topological polar surface area (TPSA) is 59.0 Å². The van der Waals surface area contributed by atoms with Crippen LogP contribution in [0, 0.1) is 0 Å². The highest BCUT2D eigenvalue weighted by Crippen LogP contribution is 2.31. The molecule has 0 radical (unpaired) electrons. The summed E-state index contributed by atoms with van der Waals surface area (Å²) in [6.45, 7) is 9.29. The molecule has 0 saturated carbocycles. The van der Waals surface area contributed by atoms with Gasteiger partial charge in [-0.2, -0.15) is 0 Å². The quantitative estimate of drug-likeness (QED) is 0.920. The summed E-state index contributed by atoms with van der Waals surface area (Å²) in [6.07, 6.45) is 2.19. The molecule has 1 N–H and O–H groups in total.